The lowest BCUT2D eigenvalue weighted by atomic mass is 10.1. The highest BCUT2D eigenvalue weighted by molar-refractivity contribution is 9.10. The molecule has 0 spiro atoms. The topological polar surface area (TPSA) is 46.9 Å². The minimum absolute atomic E-state index is 0.0849. The predicted octanol–water partition coefficient (Wildman–Crippen LogP) is 3.50. The first kappa shape index (κ1) is 15.4. The fraction of sp³-hybridized carbons (Fsp3) is 0.200. The number of hydrogen-bond donors (Lipinski definition) is 1. The lowest BCUT2D eigenvalue weighted by molar-refractivity contribution is 0.626. The number of rotatable bonds is 5. The van der Waals surface area contributed by atoms with E-state index in [0.717, 1.165) is 5.56 Å². The van der Waals surface area contributed by atoms with Crippen LogP contribution in [0.2, 0.25) is 0 Å². The van der Waals surface area contributed by atoms with Gasteiger partial charge >= 0.3 is 0 Å². The lowest BCUT2D eigenvalue weighted by Gasteiger charge is -2.16. The Morgan fingerprint density at radius 1 is 1.48 bits per heavy atom. The molecule has 1 aromatic heterocycles. The van der Waals surface area contributed by atoms with Crippen LogP contribution in [-0.2, 0) is 6.54 Å². The van der Waals surface area contributed by atoms with Crippen molar-refractivity contribution < 1.29 is 4.39 Å². The van der Waals surface area contributed by atoms with Crippen LogP contribution in [0.3, 0.4) is 0 Å². The number of anilines is 1. The largest absolute Gasteiger partial charge is 0.376 e. The van der Waals surface area contributed by atoms with Gasteiger partial charge in [-0.1, -0.05) is 18.2 Å². The highest BCUT2D eigenvalue weighted by atomic mass is 79.9. The minimum Gasteiger partial charge on any atom is -0.376 e. The smallest absolute Gasteiger partial charge is 0.283 e. The summed E-state index contributed by atoms with van der Waals surface area (Å²) in [4.78, 5) is 12.1. The molecule has 0 radical (unpaired) electrons. The van der Waals surface area contributed by atoms with Crippen LogP contribution in [0.1, 0.15) is 18.5 Å². The molecule has 4 nitrogen and oxygen atoms in total. The average molecular weight is 352 g/mol. The van der Waals surface area contributed by atoms with Crippen LogP contribution in [0.15, 0.2) is 52.4 Å². The van der Waals surface area contributed by atoms with Gasteiger partial charge in [-0.3, -0.25) is 4.79 Å². The zero-order valence-electron chi connectivity index (χ0n) is 11.5. The highest BCUT2D eigenvalue weighted by Gasteiger charge is 2.12. The summed E-state index contributed by atoms with van der Waals surface area (Å²) in [7, 11) is 0. The summed E-state index contributed by atoms with van der Waals surface area (Å²) in [5.41, 5.74) is 1.28. The van der Waals surface area contributed by atoms with Crippen molar-refractivity contribution in [2.24, 2.45) is 0 Å². The van der Waals surface area contributed by atoms with E-state index in [1.54, 1.807) is 24.4 Å². The minimum atomic E-state index is -0.277. The standard InChI is InChI=1S/C15H15BrFN3O/c1-3-8-20-15(21)14(16)13(9-18-20)19-10(2)11-4-6-12(17)7-5-11/h3-7,9-10,19H,1,8H2,2H3. The molecule has 0 bridgehead atoms. The molecule has 0 saturated heterocycles. The Labute approximate surface area is 130 Å². The summed E-state index contributed by atoms with van der Waals surface area (Å²) in [6.07, 6.45) is 3.18. The lowest BCUT2D eigenvalue weighted by Crippen LogP contribution is -2.24. The van der Waals surface area contributed by atoms with Crippen molar-refractivity contribution in [1.29, 1.82) is 0 Å². The molecule has 1 N–H and O–H groups in total. The predicted molar refractivity (Wildman–Crippen MR) is 84.8 cm³/mol. The van der Waals surface area contributed by atoms with Crippen LogP contribution < -0.4 is 10.9 Å². The molecule has 2 rings (SSSR count). The maximum Gasteiger partial charge on any atom is 0.283 e. The number of benzene rings is 1. The van der Waals surface area contributed by atoms with Gasteiger partial charge in [0.1, 0.15) is 10.3 Å². The third-order valence-corrected chi connectivity index (χ3v) is 3.80. The number of hydrogen-bond acceptors (Lipinski definition) is 3. The van der Waals surface area contributed by atoms with Crippen LogP contribution >= 0.6 is 15.9 Å². The van der Waals surface area contributed by atoms with Gasteiger partial charge in [0.15, 0.2) is 0 Å². The zero-order valence-corrected chi connectivity index (χ0v) is 13.1. The van der Waals surface area contributed by atoms with E-state index in [1.807, 2.05) is 6.92 Å². The highest BCUT2D eigenvalue weighted by Crippen LogP contribution is 2.23. The third kappa shape index (κ3) is 3.58. The van der Waals surface area contributed by atoms with Crippen molar-refractivity contribution in [1.82, 2.24) is 9.78 Å². The maximum atomic E-state index is 12.9. The second-order valence-electron chi connectivity index (χ2n) is 4.57. The first-order chi connectivity index (χ1) is 10.0. The van der Waals surface area contributed by atoms with Crippen LogP contribution in [0, 0.1) is 5.82 Å². The normalized spacial score (nSPS) is 12.0. The molecule has 21 heavy (non-hydrogen) atoms. The van der Waals surface area contributed by atoms with E-state index < -0.39 is 0 Å². The van der Waals surface area contributed by atoms with Crippen LogP contribution in [-0.4, -0.2) is 9.78 Å². The summed E-state index contributed by atoms with van der Waals surface area (Å²) < 4.78 is 14.6. The molecule has 0 aliphatic rings. The van der Waals surface area contributed by atoms with Crippen molar-refractivity contribution in [2.45, 2.75) is 19.5 Å². The van der Waals surface area contributed by atoms with Crippen molar-refractivity contribution in [3.63, 3.8) is 0 Å². The summed E-state index contributed by atoms with van der Waals surface area (Å²) >= 11 is 3.28. The molecular formula is C15H15BrFN3O. The zero-order chi connectivity index (χ0) is 15.4. The summed E-state index contributed by atoms with van der Waals surface area (Å²) in [6, 6.07) is 6.13. The van der Waals surface area contributed by atoms with Gasteiger partial charge in [-0.2, -0.15) is 5.10 Å². The summed E-state index contributed by atoms with van der Waals surface area (Å²) in [6.45, 7) is 5.86. The maximum absolute atomic E-state index is 12.9. The van der Waals surface area contributed by atoms with Crippen molar-refractivity contribution in [3.8, 4) is 0 Å². The molecule has 1 unspecified atom stereocenters. The van der Waals surface area contributed by atoms with Gasteiger partial charge in [0, 0.05) is 6.04 Å². The van der Waals surface area contributed by atoms with Gasteiger partial charge in [0.25, 0.3) is 5.56 Å². The van der Waals surface area contributed by atoms with E-state index in [4.69, 9.17) is 0 Å². The Morgan fingerprint density at radius 3 is 2.76 bits per heavy atom. The first-order valence-corrected chi connectivity index (χ1v) is 7.20. The SMILES string of the molecule is C=CCn1ncc(NC(C)c2ccc(F)cc2)c(Br)c1=O. The summed E-state index contributed by atoms with van der Waals surface area (Å²) in [5, 5.41) is 7.26. The quantitative estimate of drug-likeness (QED) is 0.838. The van der Waals surface area contributed by atoms with Gasteiger partial charge in [-0.05, 0) is 40.5 Å². The van der Waals surface area contributed by atoms with Crippen LogP contribution in [0.5, 0.6) is 0 Å². The fourth-order valence-electron chi connectivity index (χ4n) is 1.89. The molecule has 1 atom stereocenters. The summed E-state index contributed by atoms with van der Waals surface area (Å²) in [5.74, 6) is -0.277. The molecular weight excluding hydrogens is 337 g/mol. The Morgan fingerprint density at radius 2 is 2.14 bits per heavy atom. The molecule has 6 heteroatoms. The molecule has 1 heterocycles. The first-order valence-electron chi connectivity index (χ1n) is 6.41. The number of nitrogens with one attached hydrogen (secondary N) is 1. The molecule has 0 aliphatic carbocycles. The Kier molecular flexibility index (Phi) is 4.90. The van der Waals surface area contributed by atoms with E-state index >= 15 is 0 Å². The average Bonchev–Trinajstić information content (AvgIpc) is 2.47. The van der Waals surface area contributed by atoms with E-state index in [9.17, 15) is 9.18 Å². The molecule has 0 fully saturated rings. The molecule has 2 aromatic rings. The van der Waals surface area contributed by atoms with Crippen molar-refractivity contribution >= 4 is 21.6 Å². The third-order valence-electron chi connectivity index (χ3n) is 3.03. The van der Waals surface area contributed by atoms with Gasteiger partial charge in [0.05, 0.1) is 18.4 Å². The van der Waals surface area contributed by atoms with Crippen molar-refractivity contribution in [2.75, 3.05) is 5.32 Å². The van der Waals surface area contributed by atoms with Gasteiger partial charge in [-0.15, -0.1) is 6.58 Å². The monoisotopic (exact) mass is 351 g/mol. The second kappa shape index (κ2) is 6.67. The molecule has 0 amide bonds. The van der Waals surface area contributed by atoms with E-state index in [1.165, 1.54) is 16.8 Å². The van der Waals surface area contributed by atoms with Gasteiger partial charge in [-0.25, -0.2) is 9.07 Å². The van der Waals surface area contributed by atoms with E-state index in [2.05, 4.69) is 32.9 Å². The number of halogens is 2. The molecule has 110 valence electrons. The van der Waals surface area contributed by atoms with Crippen molar-refractivity contribution in [3.05, 3.63) is 69.3 Å². The van der Waals surface area contributed by atoms with E-state index in [-0.39, 0.29) is 17.4 Å². The Balaban J connectivity index is 2.23. The van der Waals surface area contributed by atoms with Crippen LogP contribution in [0.25, 0.3) is 0 Å². The van der Waals surface area contributed by atoms with Crippen LogP contribution in [0.4, 0.5) is 10.1 Å². The Hall–Kier alpha value is -1.95. The molecule has 0 saturated carbocycles. The molecule has 0 aliphatic heterocycles. The van der Waals surface area contributed by atoms with E-state index in [0.29, 0.717) is 16.7 Å². The fourth-order valence-corrected chi connectivity index (χ4v) is 2.31. The number of allylic oxidation sites excluding steroid dienone is 1. The number of nitrogens with zero attached hydrogens (tertiary/aromatic N) is 2. The molecule has 1 aromatic carbocycles. The number of aromatic nitrogens is 2. The van der Waals surface area contributed by atoms with Gasteiger partial charge in [0.2, 0.25) is 0 Å². The van der Waals surface area contributed by atoms with Gasteiger partial charge < -0.3 is 5.32 Å². The Bertz CT molecular complexity index is 697. The second-order valence-corrected chi connectivity index (χ2v) is 5.36.